The molecule has 0 nitrogen and oxygen atoms in total. The molecule has 0 spiro atoms. The summed E-state index contributed by atoms with van der Waals surface area (Å²) in [5.41, 5.74) is -7.97. The van der Waals surface area contributed by atoms with E-state index in [0.29, 0.717) is 54.3 Å². The lowest BCUT2D eigenvalue weighted by Crippen LogP contribution is -2.43. The van der Waals surface area contributed by atoms with Crippen LogP contribution in [0.25, 0.3) is 0 Å². The maximum atomic E-state index is 12.6. The molecule has 30 heteroatoms. The van der Waals surface area contributed by atoms with Gasteiger partial charge in [0, 0.05) is 0 Å². The van der Waals surface area contributed by atoms with Gasteiger partial charge in [-0.1, -0.05) is 399 Å². The normalized spacial score (nSPS) is 21.4. The Hall–Kier alpha value is -2.10. The molecule has 13 atom stereocenters. The molecule has 0 radical (unpaired) electrons. The third-order valence-electron chi connectivity index (χ3n) is 32.9. The maximum absolute atomic E-state index is 12.6. The highest BCUT2D eigenvalue weighted by molar-refractivity contribution is 4.93. The Balaban J connectivity index is -0.000000183. The molecule has 0 aromatic heterocycles. The van der Waals surface area contributed by atoms with Gasteiger partial charge in [0.25, 0.3) is 0 Å². The van der Waals surface area contributed by atoms with E-state index in [2.05, 4.69) is 90.0 Å². The Labute approximate surface area is 804 Å². The summed E-state index contributed by atoms with van der Waals surface area (Å²) >= 11 is 0. The molecule has 3 rings (SSSR count). The second-order valence-electron chi connectivity index (χ2n) is 50.9. The van der Waals surface area contributed by atoms with Crippen LogP contribution in [0, 0.1) is 183 Å². The van der Waals surface area contributed by atoms with Gasteiger partial charge in [-0.3, -0.25) is 0 Å². The fraction of sp³-hybridized carbons (Fsp3) is 1.00. The second-order valence-corrected chi connectivity index (χ2v) is 50.9. The number of hydrogen-bond donors (Lipinski definition) is 0. The van der Waals surface area contributed by atoms with Gasteiger partial charge in [0.1, 0.15) is 0 Å². The zero-order valence-corrected chi connectivity index (χ0v) is 93.7. The fourth-order valence-corrected chi connectivity index (χ4v) is 13.4. The Morgan fingerprint density at radius 1 is 0.230 bits per heavy atom. The van der Waals surface area contributed by atoms with Crippen molar-refractivity contribution in [2.75, 3.05) is 0 Å². The highest BCUT2D eigenvalue weighted by atomic mass is 19.4. The molecule has 3 saturated carbocycles. The van der Waals surface area contributed by atoms with Gasteiger partial charge in [0.2, 0.25) is 0 Å². The van der Waals surface area contributed by atoms with Crippen LogP contribution in [0.1, 0.15) is 431 Å². The third-order valence-corrected chi connectivity index (χ3v) is 32.9. The molecule has 0 N–H and O–H groups in total. The van der Waals surface area contributed by atoms with E-state index < -0.39 is 147 Å². The summed E-state index contributed by atoms with van der Waals surface area (Å²) in [5.74, 6) is -4.73. The van der Waals surface area contributed by atoms with Gasteiger partial charge in [0.05, 0.1) is 57.2 Å². The molecule has 0 heterocycles. The van der Waals surface area contributed by atoms with E-state index in [-0.39, 0.29) is 58.2 Å². The van der Waals surface area contributed by atoms with Gasteiger partial charge in [0.15, 0.2) is 0 Å². The number of hydrogen-bond acceptors (Lipinski definition) is 0. The smallest absolute Gasteiger partial charge is 0.171 e. The topological polar surface area (TPSA) is 0 Å². The predicted octanol–water partition coefficient (Wildman–Crippen LogP) is 44.0. The second kappa shape index (κ2) is 56.0. The average molecular weight is 2030 g/mol. The number of halogens is 30. The summed E-state index contributed by atoms with van der Waals surface area (Å²) in [4.78, 5) is 0. The van der Waals surface area contributed by atoms with Crippen LogP contribution in [0.4, 0.5) is 132 Å². The summed E-state index contributed by atoms with van der Waals surface area (Å²) in [6, 6.07) is 0. The molecule has 0 aromatic rings. The van der Waals surface area contributed by atoms with Gasteiger partial charge >= 0.3 is 61.8 Å². The van der Waals surface area contributed by atoms with E-state index >= 15 is 0 Å². The van der Waals surface area contributed by atoms with Gasteiger partial charge in [-0.05, 0) is 158 Å². The van der Waals surface area contributed by atoms with Crippen LogP contribution >= 0.6 is 0 Å². The van der Waals surface area contributed by atoms with Crippen LogP contribution in [0.15, 0.2) is 0 Å². The van der Waals surface area contributed by atoms with Crippen molar-refractivity contribution in [2.24, 2.45) is 183 Å². The van der Waals surface area contributed by atoms with Crippen LogP contribution in [0.3, 0.4) is 0 Å². The Morgan fingerprint density at radius 2 is 0.511 bits per heavy atom. The van der Waals surface area contributed by atoms with E-state index in [9.17, 15) is 132 Å². The monoisotopic (exact) mass is 2030 g/mol. The molecule has 3 fully saturated rings. The Bertz CT molecular complexity index is 2850. The first-order chi connectivity index (χ1) is 57.9. The minimum absolute atomic E-state index is 0.0362. The molecule has 828 valence electrons. The first kappa shape index (κ1) is 151. The lowest BCUT2D eigenvalue weighted by molar-refractivity contribution is -0.244. The van der Waals surface area contributed by atoms with Crippen molar-refractivity contribution >= 4 is 0 Å². The molecule has 0 aliphatic heterocycles. The molecular weight excluding hydrogens is 1830 g/mol. The number of rotatable bonds is 10. The van der Waals surface area contributed by atoms with Crippen molar-refractivity contribution in [3.63, 3.8) is 0 Å². The first-order valence-corrected chi connectivity index (χ1v) is 48.6. The molecule has 3 aliphatic carbocycles. The molecule has 0 saturated heterocycles. The SMILES string of the molecule is CC(C)(C)C(C)(C)C(F)(F)F.CC(C)(C)C(C)(C)C(F)(F)F.CC(C)C(C)(C)C(C)(C)C.CC(C)C(C)(C)C(C)C(F)(F)F.CC(C)[C@@H](C)C(C)(C)C.CC(C)[C@@H](C)C(C)C(F)(F)F.CC(C)[C@@H](C)C(C)C(F)(F)F.CC1CCC(C(F)(F)F)CC1.CC1CCCC(C(F)(F)F)[C@@H]1C.C[C@@H]1CCCC(C(F)(F)F)C1.C[C@H](C(C)(C)C)C(C)(C)C(F)(F)F.C[C@H](C(C)(C)C)C(C)(C)C(F)(F)F. The Morgan fingerprint density at radius 3 is 0.630 bits per heavy atom. The summed E-state index contributed by atoms with van der Waals surface area (Å²) in [7, 11) is 0. The highest BCUT2D eigenvalue weighted by Crippen LogP contribution is 2.55. The largest absolute Gasteiger partial charge is 0.394 e. The molecule has 3 aliphatic rings. The van der Waals surface area contributed by atoms with E-state index in [4.69, 9.17) is 0 Å². The quantitative estimate of drug-likeness (QED) is 0.191. The fourth-order valence-electron chi connectivity index (χ4n) is 13.4. The standard InChI is InChI=1S/2C10H19F3.C10H22.C9H15F3.C9H17F3.C9H20.2C8H13F3.4C8H15F3/c2*1-7(8(2,3)4)9(5,6)10(11,12)13;1-8(2)10(6,7)9(3,4)5;1-6-4-3-5-8(7(6)2)9(10,11)12;1-6(2)8(4,5)7(3)9(10,11)12;1-7(2)8(3)9(4,5)6;1-6-2-4-7(5-3-6)8(9,10)11;1-6-3-2-4-7(5-6)8(9,10)11;2*1-6(2,3)7(4,5)8(9,10)11;2*1-5(2)6(3)7(4)8(9,10)11/h2*7H,1-6H3;8H,1-7H3;6-8H,3-5H2,1-2H3;6-7H,1-5H3;7-8H,1-6H3;2*6-7H,2-5H2,1H3;2*1-5H3;2*5-7H,1-4H3/t2*7-;;6?,7-,8?;;8-;;6-,7?;;;2*6-,7?/m11.1.1.1..11/s1. The first-order valence-electron chi connectivity index (χ1n) is 48.6. The zero-order valence-electron chi connectivity index (χ0n) is 93.7. The van der Waals surface area contributed by atoms with Crippen LogP contribution in [0.5, 0.6) is 0 Å². The van der Waals surface area contributed by atoms with Crippen LogP contribution < -0.4 is 0 Å². The van der Waals surface area contributed by atoms with Crippen LogP contribution in [-0.4, -0.2) is 61.8 Å². The minimum atomic E-state index is -4.13. The molecule has 0 amide bonds. The Kier molecular flexibility index (Phi) is 62.5. The lowest BCUT2D eigenvalue weighted by atomic mass is 9.63. The van der Waals surface area contributed by atoms with Gasteiger partial charge in [-0.25, -0.2) is 0 Å². The third kappa shape index (κ3) is 56.3. The van der Waals surface area contributed by atoms with Crippen molar-refractivity contribution in [3.05, 3.63) is 0 Å². The molecule has 0 bridgehead atoms. The summed E-state index contributed by atoms with van der Waals surface area (Å²) in [5, 5.41) is 0. The van der Waals surface area contributed by atoms with E-state index in [1.54, 1.807) is 90.0 Å². The molecule has 6 unspecified atom stereocenters. The minimum Gasteiger partial charge on any atom is -0.171 e. The van der Waals surface area contributed by atoms with Crippen molar-refractivity contribution < 1.29 is 132 Å². The van der Waals surface area contributed by atoms with E-state index in [0.717, 1.165) is 56.3 Å². The van der Waals surface area contributed by atoms with Crippen molar-refractivity contribution in [3.8, 4) is 0 Å². The van der Waals surface area contributed by atoms with Gasteiger partial charge in [-0.15, -0.1) is 0 Å². The van der Waals surface area contributed by atoms with E-state index in [1.807, 2.05) is 104 Å². The predicted molar refractivity (Wildman–Crippen MR) is 505 cm³/mol. The van der Waals surface area contributed by atoms with Crippen molar-refractivity contribution in [1.29, 1.82) is 0 Å². The van der Waals surface area contributed by atoms with Gasteiger partial charge in [-0.2, -0.15) is 132 Å². The summed E-state index contributed by atoms with van der Waals surface area (Å²) in [6.45, 7) is 92.7. The maximum Gasteiger partial charge on any atom is 0.394 e. The van der Waals surface area contributed by atoms with Crippen molar-refractivity contribution in [1.82, 2.24) is 0 Å². The lowest BCUT2D eigenvalue weighted by Gasteiger charge is -2.42. The van der Waals surface area contributed by atoms with Crippen LogP contribution in [-0.2, 0) is 0 Å². The highest BCUT2D eigenvalue weighted by Gasteiger charge is 2.58. The van der Waals surface area contributed by atoms with E-state index in [1.165, 1.54) is 76.2 Å². The molecular formula is C105H198F30. The molecule has 135 heavy (non-hydrogen) atoms. The molecule has 0 aromatic carbocycles. The summed E-state index contributed by atoms with van der Waals surface area (Å²) < 4.78 is 369. The number of alkyl halides is 30. The zero-order chi connectivity index (χ0) is 112. The summed E-state index contributed by atoms with van der Waals surface area (Å²) in [6.07, 6.45) is -34.0. The average Bonchev–Trinajstić information content (AvgIpc) is 0.797. The van der Waals surface area contributed by atoms with Crippen LogP contribution in [0.2, 0.25) is 0 Å². The van der Waals surface area contributed by atoms with Crippen molar-refractivity contribution in [2.45, 2.75) is 492 Å². The van der Waals surface area contributed by atoms with Gasteiger partial charge < -0.3 is 0 Å².